The third kappa shape index (κ3) is 6.55. The molecule has 0 fully saturated rings. The van der Waals surface area contributed by atoms with Gasteiger partial charge < -0.3 is 14.6 Å². The lowest BCUT2D eigenvalue weighted by Crippen LogP contribution is -2.13. The van der Waals surface area contributed by atoms with Crippen LogP contribution >= 0.6 is 11.3 Å². The van der Waals surface area contributed by atoms with Crippen LogP contribution in [0.4, 0.5) is 9.93 Å². The molecular weight excluding hydrogens is 372 g/mol. The van der Waals surface area contributed by atoms with Gasteiger partial charge in [0.05, 0.1) is 24.3 Å². The van der Waals surface area contributed by atoms with Gasteiger partial charge in [-0.2, -0.15) is 0 Å². The van der Waals surface area contributed by atoms with Gasteiger partial charge >= 0.3 is 18.0 Å². The molecular formula is C18H18N2O6S. The number of aromatic nitrogens is 1. The van der Waals surface area contributed by atoms with Gasteiger partial charge in [-0.05, 0) is 12.5 Å². The van der Waals surface area contributed by atoms with E-state index >= 15 is 0 Å². The molecule has 2 N–H and O–H groups in total. The number of carbonyl (C=O) groups is 3. The van der Waals surface area contributed by atoms with Crippen LogP contribution in [0.25, 0.3) is 5.57 Å². The van der Waals surface area contributed by atoms with Crippen molar-refractivity contribution in [2.75, 3.05) is 11.9 Å². The highest BCUT2D eigenvalue weighted by Gasteiger charge is 2.16. The Labute approximate surface area is 159 Å². The molecule has 0 spiro atoms. The number of ether oxygens (including phenoxy) is 2. The molecule has 0 aliphatic rings. The Balaban J connectivity index is 1.96. The van der Waals surface area contributed by atoms with Crippen LogP contribution in [0.15, 0.2) is 41.8 Å². The van der Waals surface area contributed by atoms with Crippen LogP contribution in [-0.2, 0) is 25.7 Å². The second-order valence-electron chi connectivity index (χ2n) is 5.16. The van der Waals surface area contributed by atoms with Crippen LogP contribution in [0.1, 0.15) is 24.6 Å². The highest BCUT2D eigenvalue weighted by atomic mass is 32.1. The average Bonchev–Trinajstić information content (AvgIpc) is 3.09. The number of aliphatic carboxylic acids is 1. The minimum Gasteiger partial charge on any atom is -0.478 e. The predicted molar refractivity (Wildman–Crippen MR) is 99.2 cm³/mol. The summed E-state index contributed by atoms with van der Waals surface area (Å²) < 4.78 is 9.84. The van der Waals surface area contributed by atoms with E-state index in [1.54, 1.807) is 6.92 Å². The molecule has 0 aliphatic heterocycles. The average molecular weight is 390 g/mol. The second-order valence-corrected chi connectivity index (χ2v) is 6.01. The van der Waals surface area contributed by atoms with E-state index in [-0.39, 0.29) is 36.0 Å². The van der Waals surface area contributed by atoms with Gasteiger partial charge in [0.15, 0.2) is 5.13 Å². The van der Waals surface area contributed by atoms with Crippen molar-refractivity contribution in [1.82, 2.24) is 4.98 Å². The smallest absolute Gasteiger partial charge is 0.413 e. The number of carboxylic acid groups (broad SMARTS) is 1. The van der Waals surface area contributed by atoms with Crippen molar-refractivity contribution in [3.05, 3.63) is 53.0 Å². The first-order chi connectivity index (χ1) is 13.0. The summed E-state index contributed by atoms with van der Waals surface area (Å²) in [6.07, 6.45) is 0.342. The van der Waals surface area contributed by atoms with E-state index in [0.717, 1.165) is 16.9 Å². The summed E-state index contributed by atoms with van der Waals surface area (Å²) in [4.78, 5) is 38.7. The summed E-state index contributed by atoms with van der Waals surface area (Å²) in [6.45, 7) is 1.98. The van der Waals surface area contributed by atoms with Crippen molar-refractivity contribution in [2.24, 2.45) is 0 Å². The molecule has 1 amide bonds. The summed E-state index contributed by atoms with van der Waals surface area (Å²) in [5.41, 5.74) is 0.822. The highest BCUT2D eigenvalue weighted by molar-refractivity contribution is 7.14. The first kappa shape index (κ1) is 20.1. The number of benzene rings is 1. The number of rotatable bonds is 8. The van der Waals surface area contributed by atoms with Crippen molar-refractivity contribution in [3.8, 4) is 0 Å². The van der Waals surface area contributed by atoms with Crippen molar-refractivity contribution >= 4 is 40.1 Å². The van der Waals surface area contributed by atoms with Gasteiger partial charge in [0.1, 0.15) is 6.61 Å². The first-order valence-corrected chi connectivity index (χ1v) is 8.90. The zero-order valence-corrected chi connectivity index (χ0v) is 15.3. The minimum absolute atomic E-state index is 0.102. The van der Waals surface area contributed by atoms with Gasteiger partial charge in [0, 0.05) is 5.38 Å². The van der Waals surface area contributed by atoms with Gasteiger partial charge in [-0.15, -0.1) is 11.3 Å². The van der Waals surface area contributed by atoms with E-state index in [1.165, 1.54) is 11.5 Å². The molecule has 8 nitrogen and oxygen atoms in total. The third-order valence-electron chi connectivity index (χ3n) is 3.21. The van der Waals surface area contributed by atoms with E-state index in [9.17, 15) is 19.5 Å². The number of nitrogens with zero attached hydrogens (tertiary/aromatic N) is 1. The third-order valence-corrected chi connectivity index (χ3v) is 3.97. The van der Waals surface area contributed by atoms with Crippen LogP contribution in [-0.4, -0.2) is 34.7 Å². The van der Waals surface area contributed by atoms with E-state index in [2.05, 4.69) is 10.3 Å². The lowest BCUT2D eigenvalue weighted by Gasteiger charge is -2.04. The molecule has 9 heteroatoms. The minimum atomic E-state index is -1.23. The summed E-state index contributed by atoms with van der Waals surface area (Å²) in [5.74, 6) is -1.77. The van der Waals surface area contributed by atoms with E-state index in [4.69, 9.17) is 9.47 Å². The number of carboxylic acids is 1. The molecule has 0 saturated heterocycles. The van der Waals surface area contributed by atoms with Crippen LogP contribution in [0.5, 0.6) is 0 Å². The van der Waals surface area contributed by atoms with Crippen molar-refractivity contribution in [3.63, 3.8) is 0 Å². The van der Waals surface area contributed by atoms with Gasteiger partial charge in [-0.3, -0.25) is 10.1 Å². The maximum absolute atomic E-state index is 11.8. The monoisotopic (exact) mass is 390 g/mol. The van der Waals surface area contributed by atoms with E-state index in [1.807, 2.05) is 30.3 Å². The molecule has 0 bridgehead atoms. The molecule has 0 unspecified atom stereocenters. The van der Waals surface area contributed by atoms with Crippen LogP contribution < -0.4 is 5.32 Å². The Hall–Kier alpha value is -3.20. The molecule has 1 heterocycles. The molecule has 0 radical (unpaired) electrons. The van der Waals surface area contributed by atoms with Crippen LogP contribution in [0.2, 0.25) is 0 Å². The van der Waals surface area contributed by atoms with Crippen molar-refractivity contribution in [1.29, 1.82) is 0 Å². The summed E-state index contributed by atoms with van der Waals surface area (Å²) in [6, 6.07) is 9.17. The van der Waals surface area contributed by atoms with E-state index < -0.39 is 18.0 Å². The SMILES string of the molecule is CCOC(=O)CC=C(C(=O)O)c1csc(NC(=O)OCc2ccccc2)n1. The Bertz CT molecular complexity index is 831. The molecule has 2 rings (SSSR count). The normalized spacial score (nSPS) is 10.9. The van der Waals surface area contributed by atoms with Crippen molar-refractivity contribution < 1.29 is 29.0 Å². The molecule has 1 aromatic carbocycles. The molecule has 0 atom stereocenters. The first-order valence-electron chi connectivity index (χ1n) is 8.02. The second kappa shape index (κ2) is 10.1. The fourth-order valence-electron chi connectivity index (χ4n) is 2.01. The number of amides is 1. The van der Waals surface area contributed by atoms with Crippen LogP contribution in [0, 0.1) is 0 Å². The lowest BCUT2D eigenvalue weighted by atomic mass is 10.1. The Morgan fingerprint density at radius 2 is 1.96 bits per heavy atom. The van der Waals surface area contributed by atoms with Crippen molar-refractivity contribution in [2.45, 2.75) is 20.0 Å². The Morgan fingerprint density at radius 1 is 1.22 bits per heavy atom. The Kier molecular flexibility index (Phi) is 7.50. The molecule has 27 heavy (non-hydrogen) atoms. The fraction of sp³-hybridized carbons (Fsp3) is 0.222. The predicted octanol–water partition coefficient (Wildman–Crippen LogP) is 3.31. The topological polar surface area (TPSA) is 115 Å². The molecule has 1 aromatic heterocycles. The fourth-order valence-corrected chi connectivity index (χ4v) is 2.70. The number of nitrogens with one attached hydrogen (secondary N) is 1. The molecule has 0 aliphatic carbocycles. The van der Waals surface area contributed by atoms with Gasteiger partial charge in [0.2, 0.25) is 0 Å². The highest BCUT2D eigenvalue weighted by Crippen LogP contribution is 2.22. The van der Waals surface area contributed by atoms with Crippen LogP contribution in [0.3, 0.4) is 0 Å². The van der Waals surface area contributed by atoms with Gasteiger partial charge in [-0.25, -0.2) is 14.6 Å². The molecule has 2 aromatic rings. The maximum Gasteiger partial charge on any atom is 0.413 e. The summed E-state index contributed by atoms with van der Waals surface area (Å²) >= 11 is 1.05. The number of hydrogen-bond acceptors (Lipinski definition) is 7. The zero-order chi connectivity index (χ0) is 19.6. The molecule has 0 saturated carbocycles. The van der Waals surface area contributed by atoms with Gasteiger partial charge in [0.25, 0.3) is 0 Å². The largest absolute Gasteiger partial charge is 0.478 e. The summed E-state index contributed by atoms with van der Waals surface area (Å²) in [5, 5.41) is 13.4. The molecule has 142 valence electrons. The van der Waals surface area contributed by atoms with E-state index in [0.29, 0.717) is 0 Å². The summed E-state index contributed by atoms with van der Waals surface area (Å²) in [7, 11) is 0. The number of hydrogen-bond donors (Lipinski definition) is 2. The Morgan fingerprint density at radius 3 is 2.63 bits per heavy atom. The quantitative estimate of drug-likeness (QED) is 0.525. The number of esters is 1. The standard InChI is InChI=1S/C18H18N2O6S/c1-2-25-15(21)9-8-13(16(22)23)14-11-27-17(19-14)20-18(24)26-10-12-6-4-3-5-7-12/h3-8,11H,2,9-10H2,1H3,(H,22,23)(H,19,20,24). The number of thiazole rings is 1. The zero-order valence-electron chi connectivity index (χ0n) is 14.5. The lowest BCUT2D eigenvalue weighted by molar-refractivity contribution is -0.142. The number of carbonyl (C=O) groups excluding carboxylic acids is 2. The maximum atomic E-state index is 11.8. The van der Waals surface area contributed by atoms with Gasteiger partial charge in [-0.1, -0.05) is 36.4 Å². The number of anilines is 1.